The predicted molar refractivity (Wildman–Crippen MR) is 209 cm³/mol. The maximum atomic E-state index is 13.4. The number of nitrogens with one attached hydrogen (secondary N) is 2. The number of carbonyl (C=O) groups excluding carboxylic acids is 2. The van der Waals surface area contributed by atoms with E-state index in [0.717, 1.165) is 93.0 Å². The minimum absolute atomic E-state index is 0.0274. The number of imidazole rings is 2. The first-order valence-electron chi connectivity index (χ1n) is 19.5. The normalized spacial score (nSPS) is 22.0. The summed E-state index contributed by atoms with van der Waals surface area (Å²) in [5, 5.41) is 2.08. The van der Waals surface area contributed by atoms with Crippen molar-refractivity contribution in [3.63, 3.8) is 0 Å². The van der Waals surface area contributed by atoms with Gasteiger partial charge >= 0.3 is 0 Å². The van der Waals surface area contributed by atoms with Gasteiger partial charge in [0, 0.05) is 50.6 Å². The summed E-state index contributed by atoms with van der Waals surface area (Å²) >= 11 is 0. The molecule has 0 radical (unpaired) electrons. The number of rotatable bonds is 11. The third-order valence-corrected chi connectivity index (χ3v) is 11.9. The summed E-state index contributed by atoms with van der Waals surface area (Å²) in [6, 6.07) is 14.8. The molecule has 11 heteroatoms. The molecule has 0 spiro atoms. The molecule has 6 atom stereocenters. The number of ether oxygens (including phenoxy) is 3. The molecule has 0 saturated carbocycles. The van der Waals surface area contributed by atoms with E-state index in [0.29, 0.717) is 44.4 Å². The highest BCUT2D eigenvalue weighted by Gasteiger charge is 2.39. The van der Waals surface area contributed by atoms with Gasteiger partial charge in [-0.15, -0.1) is 0 Å². The zero-order chi connectivity index (χ0) is 37.7. The topological polar surface area (TPSA) is 126 Å². The van der Waals surface area contributed by atoms with E-state index in [4.69, 9.17) is 24.2 Å². The molecule has 3 aliphatic heterocycles. The van der Waals surface area contributed by atoms with Crippen LogP contribution in [0.4, 0.5) is 0 Å². The minimum Gasteiger partial charge on any atom is -0.488 e. The Bertz CT molecular complexity index is 2190. The highest BCUT2D eigenvalue weighted by atomic mass is 16.5. The molecule has 0 bridgehead atoms. The quantitative estimate of drug-likeness (QED) is 0.141. The average molecular weight is 733 g/mol. The number of amides is 2. The summed E-state index contributed by atoms with van der Waals surface area (Å²) in [6.07, 6.45) is 5.33. The van der Waals surface area contributed by atoms with Gasteiger partial charge in [0.1, 0.15) is 24.0 Å². The van der Waals surface area contributed by atoms with Gasteiger partial charge in [-0.25, -0.2) is 9.97 Å². The average Bonchev–Trinajstić information content (AvgIpc) is 3.99. The summed E-state index contributed by atoms with van der Waals surface area (Å²) in [5.74, 6) is 3.80. The van der Waals surface area contributed by atoms with Crippen LogP contribution in [0.1, 0.15) is 89.1 Å². The largest absolute Gasteiger partial charge is 0.488 e. The van der Waals surface area contributed by atoms with Crippen molar-refractivity contribution in [2.75, 3.05) is 33.9 Å². The van der Waals surface area contributed by atoms with Crippen molar-refractivity contribution in [1.29, 1.82) is 0 Å². The van der Waals surface area contributed by atoms with Crippen molar-refractivity contribution in [1.82, 2.24) is 29.7 Å². The number of aromatic nitrogens is 4. The van der Waals surface area contributed by atoms with Gasteiger partial charge in [-0.1, -0.05) is 45.4 Å². The van der Waals surface area contributed by atoms with Crippen LogP contribution in [0.25, 0.3) is 44.2 Å². The van der Waals surface area contributed by atoms with Gasteiger partial charge < -0.3 is 34.0 Å². The molecular weight excluding hydrogens is 681 g/mol. The summed E-state index contributed by atoms with van der Waals surface area (Å²) in [7, 11) is 3.34. The van der Waals surface area contributed by atoms with Crippen molar-refractivity contribution in [2.24, 2.45) is 17.8 Å². The maximum absolute atomic E-state index is 13.4. The molecular formula is C43H52N6O5. The molecule has 8 rings (SSSR count). The molecule has 2 unspecified atom stereocenters. The standard InChI is InChI=1S/C43H52N6O5/c1-7-24(2)13-39(50)48-20-25(3)12-36(48)42-44-19-35(46-42)29-8-10-31-30(16-29)23-54-38-18-32-28(17-33(31)38)9-11-34-41(32)47-43(45-34)37-15-27(22-52-5)21-49(37)40(51)14-26(4)53-6/h8-11,16-19,24-27,36-37H,7,12-15,20-23H2,1-6H3,(H,44,46)(H,45,47)/t24-,25-,26?,27?,36-,37-/m0/s1. The second-order valence-corrected chi connectivity index (χ2v) is 16.0. The number of hydrogen-bond acceptors (Lipinski definition) is 7. The third kappa shape index (κ3) is 6.77. The molecule has 11 nitrogen and oxygen atoms in total. The third-order valence-electron chi connectivity index (χ3n) is 11.9. The van der Waals surface area contributed by atoms with Crippen molar-refractivity contribution in [3.8, 4) is 28.1 Å². The van der Waals surface area contributed by atoms with Gasteiger partial charge in [0.05, 0.1) is 54.1 Å². The van der Waals surface area contributed by atoms with E-state index in [1.807, 2.05) is 22.9 Å². The van der Waals surface area contributed by atoms with Gasteiger partial charge in [-0.05, 0) is 77.9 Å². The zero-order valence-electron chi connectivity index (χ0n) is 32.3. The summed E-state index contributed by atoms with van der Waals surface area (Å²) in [4.78, 5) is 47.7. The number of nitrogens with zero attached hydrogens (tertiary/aromatic N) is 4. The van der Waals surface area contributed by atoms with Crippen LogP contribution in [-0.4, -0.2) is 81.6 Å². The van der Waals surface area contributed by atoms with Crippen LogP contribution in [0.3, 0.4) is 0 Å². The molecule has 2 saturated heterocycles. The molecule has 54 heavy (non-hydrogen) atoms. The first kappa shape index (κ1) is 36.2. The lowest BCUT2D eigenvalue weighted by atomic mass is 9.92. The minimum atomic E-state index is -0.164. The second kappa shape index (κ2) is 14.8. The van der Waals surface area contributed by atoms with Crippen LogP contribution in [0.5, 0.6) is 5.75 Å². The summed E-state index contributed by atoms with van der Waals surface area (Å²) < 4.78 is 17.3. The van der Waals surface area contributed by atoms with Crippen LogP contribution in [0.2, 0.25) is 0 Å². The van der Waals surface area contributed by atoms with Crippen LogP contribution in [0, 0.1) is 17.8 Å². The molecule has 284 valence electrons. The van der Waals surface area contributed by atoms with E-state index in [2.05, 4.69) is 73.2 Å². The Morgan fingerprint density at radius 2 is 1.74 bits per heavy atom. The zero-order valence-corrected chi connectivity index (χ0v) is 32.3. The fraction of sp³-hybridized carbons (Fsp3) is 0.488. The Morgan fingerprint density at radius 3 is 2.54 bits per heavy atom. The molecule has 2 N–H and O–H groups in total. The maximum Gasteiger partial charge on any atom is 0.225 e. The van der Waals surface area contributed by atoms with Crippen molar-refractivity contribution >= 4 is 33.6 Å². The van der Waals surface area contributed by atoms with E-state index in [9.17, 15) is 9.59 Å². The van der Waals surface area contributed by atoms with Crippen molar-refractivity contribution < 1.29 is 23.8 Å². The highest BCUT2D eigenvalue weighted by Crippen LogP contribution is 2.44. The molecule has 5 heterocycles. The Hall–Kier alpha value is -4.74. The van der Waals surface area contributed by atoms with E-state index in [1.165, 1.54) is 0 Å². The number of hydrogen-bond donors (Lipinski definition) is 2. The van der Waals surface area contributed by atoms with Crippen LogP contribution >= 0.6 is 0 Å². The van der Waals surface area contributed by atoms with E-state index in [1.54, 1.807) is 14.2 Å². The van der Waals surface area contributed by atoms with Crippen LogP contribution < -0.4 is 4.74 Å². The molecule has 2 amide bonds. The van der Waals surface area contributed by atoms with Crippen molar-refractivity contribution in [3.05, 3.63) is 65.9 Å². The van der Waals surface area contributed by atoms with Crippen LogP contribution in [-0.2, 0) is 25.7 Å². The van der Waals surface area contributed by atoms with Crippen molar-refractivity contribution in [2.45, 2.75) is 84.6 Å². The Kier molecular flexibility index (Phi) is 9.95. The summed E-state index contributed by atoms with van der Waals surface area (Å²) in [6.45, 7) is 10.9. The van der Waals surface area contributed by atoms with Gasteiger partial charge in [-0.3, -0.25) is 9.59 Å². The summed E-state index contributed by atoms with van der Waals surface area (Å²) in [5.41, 5.74) is 7.08. The molecule has 3 aliphatic rings. The van der Waals surface area contributed by atoms with Gasteiger partial charge in [0.15, 0.2) is 0 Å². The predicted octanol–water partition coefficient (Wildman–Crippen LogP) is 7.97. The number of likely N-dealkylation sites (tertiary alicyclic amines) is 2. The number of methoxy groups -OCH3 is 2. The lowest BCUT2D eigenvalue weighted by molar-refractivity contribution is -0.135. The fourth-order valence-corrected chi connectivity index (χ4v) is 8.68. The monoisotopic (exact) mass is 732 g/mol. The first-order valence-corrected chi connectivity index (χ1v) is 19.5. The molecule has 2 fully saturated rings. The number of fused-ring (bicyclic) bond motifs is 6. The molecule has 5 aromatic rings. The number of carbonyl (C=O) groups is 2. The molecule has 2 aromatic heterocycles. The SMILES string of the molecule is CC[C@H](C)CC(=O)N1C[C@@H](C)C[C@H]1c1ncc(-c2ccc3c(c2)COc2cc4c(ccc5[nH]c([C@@H]6CC(COC)CN6C(=O)CC(C)OC)nc54)cc2-3)[nH]1. The Labute approximate surface area is 316 Å². The number of benzene rings is 3. The molecule has 0 aliphatic carbocycles. The fourth-order valence-electron chi connectivity index (χ4n) is 8.68. The first-order chi connectivity index (χ1) is 26.1. The smallest absolute Gasteiger partial charge is 0.225 e. The van der Waals surface area contributed by atoms with Gasteiger partial charge in [0.25, 0.3) is 0 Å². The van der Waals surface area contributed by atoms with Crippen LogP contribution in [0.15, 0.2) is 48.7 Å². The van der Waals surface area contributed by atoms with E-state index < -0.39 is 0 Å². The lowest BCUT2D eigenvalue weighted by Crippen LogP contribution is -2.34. The van der Waals surface area contributed by atoms with Gasteiger partial charge in [-0.2, -0.15) is 0 Å². The van der Waals surface area contributed by atoms with Gasteiger partial charge in [0.2, 0.25) is 11.8 Å². The number of H-pyrrole nitrogens is 2. The van der Waals surface area contributed by atoms with E-state index in [-0.39, 0.29) is 35.9 Å². The lowest BCUT2D eigenvalue weighted by Gasteiger charge is -2.24. The highest BCUT2D eigenvalue weighted by molar-refractivity contribution is 6.07. The Morgan fingerprint density at radius 1 is 0.944 bits per heavy atom. The number of aromatic amines is 2. The Balaban J connectivity index is 1.06. The second-order valence-electron chi connectivity index (χ2n) is 16.0. The van der Waals surface area contributed by atoms with E-state index >= 15 is 0 Å². The molecule has 3 aromatic carbocycles.